The van der Waals surface area contributed by atoms with Gasteiger partial charge in [-0.1, -0.05) is 18.5 Å². The molecular formula is C11H16ClNO2S. The third-order valence-corrected chi connectivity index (χ3v) is 5.16. The van der Waals surface area contributed by atoms with E-state index in [1.54, 1.807) is 25.1 Å². The van der Waals surface area contributed by atoms with Crippen molar-refractivity contribution in [3.63, 3.8) is 0 Å². The van der Waals surface area contributed by atoms with E-state index in [1.165, 1.54) is 0 Å². The van der Waals surface area contributed by atoms with Gasteiger partial charge in [0.15, 0.2) is 9.84 Å². The van der Waals surface area contributed by atoms with Crippen molar-refractivity contribution in [2.75, 3.05) is 5.73 Å². The van der Waals surface area contributed by atoms with Gasteiger partial charge in [0.1, 0.15) is 0 Å². The summed E-state index contributed by atoms with van der Waals surface area (Å²) in [6.07, 6.45) is 0.600. The minimum atomic E-state index is -3.14. The maximum atomic E-state index is 11.9. The summed E-state index contributed by atoms with van der Waals surface area (Å²) in [7, 11) is -3.14. The SMILES string of the molecule is CCC(C)S(=O)(=O)Cc1cc(Cl)ccc1N. The van der Waals surface area contributed by atoms with Crippen LogP contribution in [0.15, 0.2) is 18.2 Å². The molecule has 0 saturated heterocycles. The first-order valence-electron chi connectivity index (χ1n) is 5.12. The topological polar surface area (TPSA) is 60.2 Å². The van der Waals surface area contributed by atoms with Gasteiger partial charge >= 0.3 is 0 Å². The molecule has 0 aliphatic carbocycles. The Kier molecular flexibility index (Phi) is 4.21. The van der Waals surface area contributed by atoms with Gasteiger partial charge in [0, 0.05) is 10.7 Å². The number of nitrogens with two attached hydrogens (primary N) is 1. The predicted molar refractivity (Wildman–Crippen MR) is 68.2 cm³/mol. The van der Waals surface area contributed by atoms with Crippen molar-refractivity contribution in [2.24, 2.45) is 0 Å². The van der Waals surface area contributed by atoms with Crippen molar-refractivity contribution in [3.05, 3.63) is 28.8 Å². The van der Waals surface area contributed by atoms with Crippen LogP contribution in [0, 0.1) is 0 Å². The fourth-order valence-electron chi connectivity index (χ4n) is 1.31. The molecule has 90 valence electrons. The van der Waals surface area contributed by atoms with E-state index in [0.29, 0.717) is 22.7 Å². The second kappa shape index (κ2) is 5.06. The number of benzene rings is 1. The van der Waals surface area contributed by atoms with E-state index in [9.17, 15) is 8.42 Å². The highest BCUT2D eigenvalue weighted by molar-refractivity contribution is 7.91. The van der Waals surface area contributed by atoms with Gasteiger partial charge in [-0.05, 0) is 37.1 Å². The molecule has 0 aliphatic heterocycles. The fourth-order valence-corrected chi connectivity index (χ4v) is 2.98. The third kappa shape index (κ3) is 3.12. The van der Waals surface area contributed by atoms with Gasteiger partial charge in [-0.15, -0.1) is 0 Å². The number of hydrogen-bond acceptors (Lipinski definition) is 3. The second-order valence-corrected chi connectivity index (χ2v) is 6.72. The van der Waals surface area contributed by atoms with Crippen LogP contribution >= 0.6 is 11.6 Å². The van der Waals surface area contributed by atoms with E-state index in [4.69, 9.17) is 17.3 Å². The van der Waals surface area contributed by atoms with Gasteiger partial charge in [-0.2, -0.15) is 0 Å². The number of nitrogen functional groups attached to an aromatic ring is 1. The third-order valence-electron chi connectivity index (χ3n) is 2.65. The molecule has 0 spiro atoms. The molecule has 0 aliphatic rings. The maximum absolute atomic E-state index is 11.9. The Hall–Kier alpha value is -0.740. The Morgan fingerprint density at radius 1 is 1.44 bits per heavy atom. The van der Waals surface area contributed by atoms with Crippen LogP contribution in [0.5, 0.6) is 0 Å². The number of sulfone groups is 1. The van der Waals surface area contributed by atoms with E-state index in [-0.39, 0.29) is 11.0 Å². The number of anilines is 1. The largest absolute Gasteiger partial charge is 0.398 e. The molecule has 1 rings (SSSR count). The van der Waals surface area contributed by atoms with E-state index >= 15 is 0 Å². The van der Waals surface area contributed by atoms with Crippen molar-refractivity contribution in [2.45, 2.75) is 31.3 Å². The Morgan fingerprint density at radius 3 is 2.62 bits per heavy atom. The number of hydrogen-bond donors (Lipinski definition) is 1. The average Bonchev–Trinajstić information content (AvgIpc) is 2.22. The van der Waals surface area contributed by atoms with Crippen molar-refractivity contribution in [1.29, 1.82) is 0 Å². The summed E-state index contributed by atoms with van der Waals surface area (Å²) in [6.45, 7) is 3.56. The van der Waals surface area contributed by atoms with Crippen LogP contribution in [0.3, 0.4) is 0 Å². The molecule has 0 heterocycles. The first kappa shape index (κ1) is 13.3. The molecule has 0 fully saturated rings. The lowest BCUT2D eigenvalue weighted by atomic mass is 10.2. The highest BCUT2D eigenvalue weighted by Crippen LogP contribution is 2.22. The summed E-state index contributed by atoms with van der Waals surface area (Å²) in [5, 5.41) is 0.148. The van der Waals surface area contributed by atoms with E-state index in [1.807, 2.05) is 6.92 Å². The molecule has 0 aromatic heterocycles. The summed E-state index contributed by atoms with van der Waals surface area (Å²) in [4.78, 5) is 0. The molecule has 1 atom stereocenters. The quantitative estimate of drug-likeness (QED) is 0.848. The highest BCUT2D eigenvalue weighted by atomic mass is 35.5. The van der Waals surface area contributed by atoms with Crippen LogP contribution in [0.25, 0.3) is 0 Å². The molecule has 5 heteroatoms. The zero-order valence-electron chi connectivity index (χ0n) is 9.40. The molecule has 1 aromatic rings. The summed E-state index contributed by atoms with van der Waals surface area (Å²) in [6, 6.07) is 4.89. The van der Waals surface area contributed by atoms with Crippen molar-refractivity contribution >= 4 is 27.1 Å². The van der Waals surface area contributed by atoms with Crippen LogP contribution in [-0.4, -0.2) is 13.7 Å². The Balaban J connectivity index is 3.01. The predicted octanol–water partition coefficient (Wildman–Crippen LogP) is 2.64. The summed E-state index contributed by atoms with van der Waals surface area (Å²) >= 11 is 5.81. The van der Waals surface area contributed by atoms with Crippen LogP contribution < -0.4 is 5.73 Å². The summed E-state index contributed by atoms with van der Waals surface area (Å²) < 4.78 is 23.8. The molecule has 2 N–H and O–H groups in total. The van der Waals surface area contributed by atoms with Gasteiger partial charge in [0.05, 0.1) is 11.0 Å². The molecule has 0 amide bonds. The lowest BCUT2D eigenvalue weighted by Gasteiger charge is -2.12. The second-order valence-electron chi connectivity index (χ2n) is 3.87. The standard InChI is InChI=1S/C11H16ClNO2S/c1-3-8(2)16(14,15)7-9-6-10(12)4-5-11(9)13/h4-6,8H,3,7,13H2,1-2H3. The first-order valence-corrected chi connectivity index (χ1v) is 7.21. The Bertz CT molecular complexity index is 471. The minimum absolute atomic E-state index is 0.0472. The van der Waals surface area contributed by atoms with Gasteiger partial charge < -0.3 is 5.73 Å². The highest BCUT2D eigenvalue weighted by Gasteiger charge is 2.20. The Labute approximate surface area is 102 Å². The summed E-state index contributed by atoms with van der Waals surface area (Å²) in [5.41, 5.74) is 6.76. The molecule has 3 nitrogen and oxygen atoms in total. The molecule has 1 aromatic carbocycles. The van der Waals surface area contributed by atoms with Crippen molar-refractivity contribution in [1.82, 2.24) is 0 Å². The lowest BCUT2D eigenvalue weighted by molar-refractivity contribution is 0.580. The van der Waals surface area contributed by atoms with Crippen LogP contribution in [-0.2, 0) is 15.6 Å². The zero-order valence-corrected chi connectivity index (χ0v) is 11.0. The minimum Gasteiger partial charge on any atom is -0.398 e. The van der Waals surface area contributed by atoms with E-state index < -0.39 is 9.84 Å². The van der Waals surface area contributed by atoms with Gasteiger partial charge in [-0.25, -0.2) is 8.42 Å². The van der Waals surface area contributed by atoms with Crippen molar-refractivity contribution < 1.29 is 8.42 Å². The lowest BCUT2D eigenvalue weighted by Crippen LogP contribution is -2.19. The molecule has 16 heavy (non-hydrogen) atoms. The fraction of sp³-hybridized carbons (Fsp3) is 0.455. The molecule has 0 radical (unpaired) electrons. The number of halogens is 1. The van der Waals surface area contributed by atoms with Gasteiger partial charge in [0.25, 0.3) is 0 Å². The van der Waals surface area contributed by atoms with Gasteiger partial charge in [-0.3, -0.25) is 0 Å². The monoisotopic (exact) mass is 261 g/mol. The Morgan fingerprint density at radius 2 is 2.06 bits per heavy atom. The maximum Gasteiger partial charge on any atom is 0.157 e. The van der Waals surface area contributed by atoms with Crippen LogP contribution in [0.4, 0.5) is 5.69 Å². The molecule has 0 saturated carbocycles. The average molecular weight is 262 g/mol. The summed E-state index contributed by atoms with van der Waals surface area (Å²) in [5.74, 6) is -0.0472. The van der Waals surface area contributed by atoms with Crippen LogP contribution in [0.2, 0.25) is 5.02 Å². The molecule has 0 bridgehead atoms. The van der Waals surface area contributed by atoms with Crippen LogP contribution in [0.1, 0.15) is 25.8 Å². The molecule has 1 unspecified atom stereocenters. The zero-order chi connectivity index (χ0) is 12.3. The normalized spacial score (nSPS) is 13.7. The number of rotatable bonds is 4. The van der Waals surface area contributed by atoms with Crippen molar-refractivity contribution in [3.8, 4) is 0 Å². The first-order chi connectivity index (χ1) is 7.36. The van der Waals surface area contributed by atoms with E-state index in [0.717, 1.165) is 0 Å². The van der Waals surface area contributed by atoms with E-state index in [2.05, 4.69) is 0 Å². The molecular weight excluding hydrogens is 246 g/mol. The smallest absolute Gasteiger partial charge is 0.157 e. The van der Waals surface area contributed by atoms with Gasteiger partial charge in [0.2, 0.25) is 0 Å².